The van der Waals surface area contributed by atoms with Crippen LogP contribution in [0.4, 0.5) is 0 Å². The highest BCUT2D eigenvalue weighted by Gasteiger charge is 2.47. The van der Waals surface area contributed by atoms with Crippen molar-refractivity contribution >= 4 is 10.0 Å². The predicted octanol–water partition coefficient (Wildman–Crippen LogP) is 1.86. The summed E-state index contributed by atoms with van der Waals surface area (Å²) in [7, 11) is -3.26. The highest BCUT2D eigenvalue weighted by molar-refractivity contribution is 7.89. The number of aromatic nitrogens is 3. The Kier molecular flexibility index (Phi) is 3.81. The Morgan fingerprint density at radius 2 is 2.14 bits per heavy atom. The summed E-state index contributed by atoms with van der Waals surface area (Å²) < 4.78 is 29.2. The molecule has 0 aromatic carbocycles. The molecule has 2 saturated carbocycles. The summed E-state index contributed by atoms with van der Waals surface area (Å²) in [5, 5.41) is 4.13. The van der Waals surface area contributed by atoms with Crippen LogP contribution in [0, 0.1) is 11.3 Å². The second-order valence-corrected chi connectivity index (χ2v) is 8.75. The van der Waals surface area contributed by atoms with E-state index in [1.54, 1.807) is 4.68 Å². The van der Waals surface area contributed by atoms with Gasteiger partial charge in [0.05, 0.1) is 12.3 Å². The van der Waals surface area contributed by atoms with Crippen molar-refractivity contribution in [1.29, 1.82) is 0 Å². The first-order valence-corrected chi connectivity index (χ1v) is 9.40. The molecule has 2 aliphatic carbocycles. The van der Waals surface area contributed by atoms with E-state index in [1.165, 1.54) is 19.2 Å². The van der Waals surface area contributed by atoms with Crippen molar-refractivity contribution in [2.75, 3.05) is 5.75 Å². The fraction of sp³-hybridized carbons (Fsp3) is 0.857. The largest absolute Gasteiger partial charge is 0.246 e. The van der Waals surface area contributed by atoms with E-state index in [-0.39, 0.29) is 23.8 Å². The van der Waals surface area contributed by atoms with E-state index in [1.807, 2.05) is 13.8 Å². The number of hydrogen-bond acceptors (Lipinski definition) is 4. The molecule has 1 heterocycles. The molecule has 6 nitrogen and oxygen atoms in total. The second-order valence-electron chi connectivity index (χ2n) is 6.94. The lowest BCUT2D eigenvalue weighted by molar-refractivity contribution is 0.332. The van der Waals surface area contributed by atoms with E-state index >= 15 is 0 Å². The van der Waals surface area contributed by atoms with Gasteiger partial charge in [0.2, 0.25) is 10.0 Å². The summed E-state index contributed by atoms with van der Waals surface area (Å²) in [5.41, 5.74) is 0.0439. The molecule has 2 bridgehead atoms. The van der Waals surface area contributed by atoms with E-state index in [2.05, 4.69) is 14.8 Å². The predicted molar refractivity (Wildman–Crippen MR) is 80.0 cm³/mol. The standard InChI is InChI=1S/C14H24N4O2S/c1-11(2)18-13(15-10-16-18)8-17-21(19,20)9-14-5-3-12(7-14)4-6-14/h10-12,17H,3-9H2,1-2H3. The zero-order chi connectivity index (χ0) is 15.1. The van der Waals surface area contributed by atoms with Crippen LogP contribution in [0.3, 0.4) is 0 Å². The average molecular weight is 312 g/mol. The summed E-state index contributed by atoms with van der Waals surface area (Å²) in [6, 6.07) is 0.177. The molecule has 118 valence electrons. The Morgan fingerprint density at radius 3 is 2.71 bits per heavy atom. The molecular formula is C14H24N4O2S. The van der Waals surface area contributed by atoms with Crippen molar-refractivity contribution < 1.29 is 8.42 Å². The van der Waals surface area contributed by atoms with E-state index in [0.717, 1.165) is 25.2 Å². The van der Waals surface area contributed by atoms with Crippen LogP contribution in [-0.4, -0.2) is 28.9 Å². The smallest absolute Gasteiger partial charge is 0.212 e. The minimum atomic E-state index is -3.26. The maximum Gasteiger partial charge on any atom is 0.212 e. The fourth-order valence-corrected chi connectivity index (χ4v) is 5.64. The highest BCUT2D eigenvalue weighted by Crippen LogP contribution is 2.54. The number of hydrogen-bond donors (Lipinski definition) is 1. The van der Waals surface area contributed by atoms with Gasteiger partial charge in [-0.3, -0.25) is 0 Å². The summed E-state index contributed by atoms with van der Waals surface area (Å²) in [4.78, 5) is 4.14. The molecule has 1 aromatic rings. The van der Waals surface area contributed by atoms with Crippen LogP contribution >= 0.6 is 0 Å². The summed E-state index contributed by atoms with van der Waals surface area (Å²) >= 11 is 0. The van der Waals surface area contributed by atoms with Crippen molar-refractivity contribution in [3.05, 3.63) is 12.2 Å². The molecule has 0 amide bonds. The SMILES string of the molecule is CC(C)n1ncnc1CNS(=O)(=O)CC12CCC(CC1)C2. The normalized spacial score (nSPS) is 28.6. The molecule has 0 atom stereocenters. The van der Waals surface area contributed by atoms with Crippen LogP contribution in [0.1, 0.15) is 57.8 Å². The van der Waals surface area contributed by atoms with Crippen molar-refractivity contribution in [2.45, 2.75) is 58.5 Å². The summed E-state index contributed by atoms with van der Waals surface area (Å²) in [6.07, 6.45) is 7.12. The Hall–Kier alpha value is -0.950. The zero-order valence-corrected chi connectivity index (χ0v) is 13.6. The van der Waals surface area contributed by atoms with Crippen molar-refractivity contribution in [3.63, 3.8) is 0 Å². The van der Waals surface area contributed by atoms with Gasteiger partial charge in [0.1, 0.15) is 12.2 Å². The van der Waals surface area contributed by atoms with Gasteiger partial charge in [-0.05, 0) is 57.3 Å². The monoisotopic (exact) mass is 312 g/mol. The molecule has 0 saturated heterocycles. The molecule has 0 radical (unpaired) electrons. The highest BCUT2D eigenvalue weighted by atomic mass is 32.2. The van der Waals surface area contributed by atoms with E-state index in [0.29, 0.717) is 5.82 Å². The van der Waals surface area contributed by atoms with E-state index < -0.39 is 10.0 Å². The maximum absolute atomic E-state index is 12.4. The first-order chi connectivity index (χ1) is 9.89. The van der Waals surface area contributed by atoms with E-state index in [9.17, 15) is 8.42 Å². The molecular weight excluding hydrogens is 288 g/mol. The molecule has 0 aliphatic heterocycles. The van der Waals surface area contributed by atoms with Crippen LogP contribution in [0.2, 0.25) is 0 Å². The third-order valence-corrected chi connectivity index (χ3v) is 6.55. The van der Waals surface area contributed by atoms with E-state index in [4.69, 9.17) is 0 Å². The molecule has 7 heteroatoms. The van der Waals surface area contributed by atoms with Crippen molar-refractivity contribution in [1.82, 2.24) is 19.5 Å². The van der Waals surface area contributed by atoms with Gasteiger partial charge in [0.25, 0.3) is 0 Å². The van der Waals surface area contributed by atoms with Gasteiger partial charge in [-0.1, -0.05) is 0 Å². The first kappa shape index (κ1) is 15.0. The Morgan fingerprint density at radius 1 is 1.43 bits per heavy atom. The molecule has 1 aromatic heterocycles. The third-order valence-electron chi connectivity index (χ3n) is 4.97. The van der Waals surface area contributed by atoms with Crippen LogP contribution < -0.4 is 4.72 Å². The van der Waals surface area contributed by atoms with Crippen LogP contribution in [0.15, 0.2) is 6.33 Å². The Balaban J connectivity index is 1.63. The first-order valence-electron chi connectivity index (χ1n) is 7.75. The number of fused-ring (bicyclic) bond motifs is 2. The molecule has 2 fully saturated rings. The molecule has 21 heavy (non-hydrogen) atoms. The summed E-state index contributed by atoms with van der Waals surface area (Å²) in [5.74, 6) is 1.71. The lowest BCUT2D eigenvalue weighted by atomic mass is 9.87. The second kappa shape index (κ2) is 5.35. The minimum Gasteiger partial charge on any atom is -0.246 e. The fourth-order valence-electron chi connectivity index (χ4n) is 3.97. The number of nitrogens with one attached hydrogen (secondary N) is 1. The molecule has 1 N–H and O–H groups in total. The summed E-state index contributed by atoms with van der Waals surface area (Å²) in [6.45, 7) is 4.23. The number of sulfonamides is 1. The van der Waals surface area contributed by atoms with Gasteiger partial charge in [-0.15, -0.1) is 0 Å². The lowest BCUT2D eigenvalue weighted by Crippen LogP contribution is -2.35. The van der Waals surface area contributed by atoms with Crippen LogP contribution in [0.25, 0.3) is 0 Å². The topological polar surface area (TPSA) is 76.9 Å². The van der Waals surface area contributed by atoms with Crippen LogP contribution in [-0.2, 0) is 16.6 Å². The Bertz CT molecular complexity index is 600. The number of nitrogens with zero attached hydrogens (tertiary/aromatic N) is 3. The number of rotatable bonds is 6. The maximum atomic E-state index is 12.4. The molecule has 0 unspecified atom stereocenters. The van der Waals surface area contributed by atoms with Gasteiger partial charge >= 0.3 is 0 Å². The average Bonchev–Trinajstić information content (AvgIpc) is 3.10. The van der Waals surface area contributed by atoms with Crippen molar-refractivity contribution in [3.8, 4) is 0 Å². The third kappa shape index (κ3) is 3.13. The van der Waals surface area contributed by atoms with Gasteiger partial charge in [-0.2, -0.15) is 5.10 Å². The van der Waals surface area contributed by atoms with Gasteiger partial charge in [0.15, 0.2) is 0 Å². The van der Waals surface area contributed by atoms with Gasteiger partial charge < -0.3 is 0 Å². The van der Waals surface area contributed by atoms with Gasteiger partial charge in [-0.25, -0.2) is 22.8 Å². The van der Waals surface area contributed by atoms with Gasteiger partial charge in [0, 0.05) is 6.04 Å². The Labute approximate surface area is 126 Å². The zero-order valence-electron chi connectivity index (χ0n) is 12.7. The van der Waals surface area contributed by atoms with Crippen LogP contribution in [0.5, 0.6) is 0 Å². The molecule has 0 spiro atoms. The van der Waals surface area contributed by atoms with Crippen molar-refractivity contribution in [2.24, 2.45) is 11.3 Å². The molecule has 2 aliphatic rings. The molecule has 3 rings (SSSR count). The lowest BCUT2D eigenvalue weighted by Gasteiger charge is -2.26. The quantitative estimate of drug-likeness (QED) is 0.870. The minimum absolute atomic E-state index is 0.0439.